The fourth-order valence-electron chi connectivity index (χ4n) is 1.59. The molecule has 0 aliphatic carbocycles. The van der Waals surface area contributed by atoms with Crippen molar-refractivity contribution in [3.63, 3.8) is 0 Å². The Balaban J connectivity index is 1.73. The maximum atomic E-state index is 11.3. The molecule has 1 saturated heterocycles. The molecule has 1 radical (unpaired) electrons. The van der Waals surface area contributed by atoms with E-state index >= 15 is 0 Å². The Kier molecular flexibility index (Phi) is 4.59. The molecule has 0 saturated carbocycles. The van der Waals surface area contributed by atoms with E-state index in [1.54, 1.807) is 0 Å². The van der Waals surface area contributed by atoms with Gasteiger partial charge in [-0.25, -0.2) is 0 Å². The van der Waals surface area contributed by atoms with Crippen molar-refractivity contribution in [2.24, 2.45) is 0 Å². The van der Waals surface area contributed by atoms with Gasteiger partial charge in [0.1, 0.15) is 18.5 Å². The van der Waals surface area contributed by atoms with E-state index in [1.807, 2.05) is 24.3 Å². The van der Waals surface area contributed by atoms with E-state index < -0.39 is 0 Å². The van der Waals surface area contributed by atoms with E-state index in [0.29, 0.717) is 19.6 Å². The maximum Gasteiger partial charge on any atom is 0.220 e. The summed E-state index contributed by atoms with van der Waals surface area (Å²) in [7, 11) is 0. The highest BCUT2D eigenvalue weighted by molar-refractivity contribution is 5.76. The number of epoxide rings is 1. The predicted octanol–water partition coefficient (Wildman–Crippen LogP) is 1.35. The average molecular weight is 248 g/mol. The third-order valence-corrected chi connectivity index (χ3v) is 2.72. The second-order valence-corrected chi connectivity index (χ2v) is 4.26. The first kappa shape index (κ1) is 12.9. The van der Waals surface area contributed by atoms with Gasteiger partial charge in [0.25, 0.3) is 0 Å². The second kappa shape index (κ2) is 6.40. The summed E-state index contributed by atoms with van der Waals surface area (Å²) in [5.74, 6) is 0.882. The molecule has 1 heterocycles. The summed E-state index contributed by atoms with van der Waals surface area (Å²) in [5, 5.41) is 2.68. The van der Waals surface area contributed by atoms with Crippen LogP contribution >= 0.6 is 0 Å². The van der Waals surface area contributed by atoms with E-state index in [1.165, 1.54) is 0 Å². The number of carbonyl (C=O) groups is 1. The van der Waals surface area contributed by atoms with Crippen LogP contribution in [0.1, 0.15) is 12.0 Å². The lowest BCUT2D eigenvalue weighted by Gasteiger charge is -2.06. The molecule has 1 aromatic rings. The van der Waals surface area contributed by atoms with Crippen molar-refractivity contribution in [1.82, 2.24) is 5.32 Å². The predicted molar refractivity (Wildman–Crippen MR) is 68.4 cm³/mol. The number of rotatable bonds is 7. The standard InChI is InChI=1S/C14H18NO3/c1-2-15-14(16)8-5-11-3-6-12(7-4-11)17-9-13-10-18-13/h3-4,6-7,13H,1-2,5,8-10H2,(H,15,16). The van der Waals surface area contributed by atoms with Crippen molar-refractivity contribution in [3.8, 4) is 5.75 Å². The molecule has 1 aliphatic rings. The molecule has 1 N–H and O–H groups in total. The van der Waals surface area contributed by atoms with Crippen molar-refractivity contribution in [2.45, 2.75) is 18.9 Å². The molecule has 1 aromatic carbocycles. The van der Waals surface area contributed by atoms with E-state index in [2.05, 4.69) is 12.2 Å². The Hall–Kier alpha value is -1.55. The monoisotopic (exact) mass is 248 g/mol. The van der Waals surface area contributed by atoms with Crippen LogP contribution in [0.4, 0.5) is 0 Å². The van der Waals surface area contributed by atoms with E-state index in [9.17, 15) is 4.79 Å². The Bertz CT molecular complexity index is 385. The van der Waals surface area contributed by atoms with Gasteiger partial charge in [0.05, 0.1) is 6.61 Å². The van der Waals surface area contributed by atoms with Gasteiger partial charge in [0, 0.05) is 13.0 Å². The highest BCUT2D eigenvalue weighted by atomic mass is 16.6. The van der Waals surface area contributed by atoms with E-state index in [0.717, 1.165) is 24.3 Å². The van der Waals surface area contributed by atoms with Crippen LogP contribution in [0.3, 0.4) is 0 Å². The normalized spacial score (nSPS) is 17.3. The van der Waals surface area contributed by atoms with Gasteiger partial charge < -0.3 is 14.8 Å². The minimum Gasteiger partial charge on any atom is -0.491 e. The SMILES string of the molecule is [CH2]CNC(=O)CCc1ccc(OCC2CO2)cc1. The lowest BCUT2D eigenvalue weighted by atomic mass is 10.1. The van der Waals surface area contributed by atoms with Crippen molar-refractivity contribution in [1.29, 1.82) is 0 Å². The first-order valence-corrected chi connectivity index (χ1v) is 6.17. The molecule has 1 aliphatic heterocycles. The Morgan fingerprint density at radius 2 is 2.17 bits per heavy atom. The molecule has 1 amide bonds. The summed E-state index contributed by atoms with van der Waals surface area (Å²) in [4.78, 5) is 11.3. The number of hydrogen-bond acceptors (Lipinski definition) is 3. The average Bonchev–Trinajstić information content (AvgIpc) is 3.19. The topological polar surface area (TPSA) is 50.9 Å². The molecule has 4 heteroatoms. The fourth-order valence-corrected chi connectivity index (χ4v) is 1.59. The van der Waals surface area contributed by atoms with Gasteiger partial charge in [-0.1, -0.05) is 12.1 Å². The van der Waals surface area contributed by atoms with Crippen LogP contribution < -0.4 is 10.1 Å². The van der Waals surface area contributed by atoms with Gasteiger partial charge >= 0.3 is 0 Å². The van der Waals surface area contributed by atoms with Gasteiger partial charge in [-0.05, 0) is 31.0 Å². The summed E-state index contributed by atoms with van der Waals surface area (Å²) >= 11 is 0. The second-order valence-electron chi connectivity index (χ2n) is 4.26. The number of benzene rings is 1. The quantitative estimate of drug-likeness (QED) is 0.741. The Morgan fingerprint density at radius 1 is 1.44 bits per heavy atom. The molecular weight excluding hydrogens is 230 g/mol. The van der Waals surface area contributed by atoms with Crippen LogP contribution in [-0.2, 0) is 16.0 Å². The zero-order valence-corrected chi connectivity index (χ0v) is 10.4. The molecule has 0 spiro atoms. The summed E-state index contributed by atoms with van der Waals surface area (Å²) in [5.41, 5.74) is 1.13. The maximum absolute atomic E-state index is 11.3. The van der Waals surface area contributed by atoms with Crippen molar-refractivity contribution >= 4 is 5.91 Å². The van der Waals surface area contributed by atoms with Crippen LogP contribution in [-0.4, -0.2) is 31.8 Å². The molecule has 97 valence electrons. The highest BCUT2D eigenvalue weighted by Crippen LogP contribution is 2.16. The number of ether oxygens (including phenoxy) is 2. The van der Waals surface area contributed by atoms with Gasteiger partial charge in [-0.15, -0.1) is 0 Å². The number of carbonyl (C=O) groups excluding carboxylic acids is 1. The number of aryl methyl sites for hydroxylation is 1. The van der Waals surface area contributed by atoms with E-state index in [4.69, 9.17) is 9.47 Å². The van der Waals surface area contributed by atoms with Crippen LogP contribution in [0.5, 0.6) is 5.75 Å². The molecule has 0 aromatic heterocycles. The minimum absolute atomic E-state index is 0.0382. The summed E-state index contributed by atoms with van der Waals surface area (Å²) in [6.07, 6.45) is 1.50. The van der Waals surface area contributed by atoms with Crippen molar-refractivity contribution < 1.29 is 14.3 Å². The minimum atomic E-state index is 0.0382. The first-order valence-electron chi connectivity index (χ1n) is 6.17. The first-order chi connectivity index (χ1) is 8.78. The highest BCUT2D eigenvalue weighted by Gasteiger charge is 2.22. The van der Waals surface area contributed by atoms with Crippen molar-refractivity contribution in [2.75, 3.05) is 19.8 Å². The van der Waals surface area contributed by atoms with E-state index in [-0.39, 0.29) is 12.0 Å². The molecule has 4 nitrogen and oxygen atoms in total. The third kappa shape index (κ3) is 4.37. The molecule has 0 bridgehead atoms. The van der Waals surface area contributed by atoms with Crippen LogP contribution in [0.15, 0.2) is 24.3 Å². The molecule has 1 fully saturated rings. The van der Waals surface area contributed by atoms with Crippen molar-refractivity contribution in [3.05, 3.63) is 36.8 Å². The summed E-state index contributed by atoms with van der Waals surface area (Å²) in [6, 6.07) is 7.83. The van der Waals surface area contributed by atoms with Gasteiger partial charge in [-0.3, -0.25) is 4.79 Å². The summed E-state index contributed by atoms with van der Waals surface area (Å²) < 4.78 is 10.6. The zero-order valence-electron chi connectivity index (χ0n) is 10.4. The largest absolute Gasteiger partial charge is 0.491 e. The molecule has 18 heavy (non-hydrogen) atoms. The van der Waals surface area contributed by atoms with Gasteiger partial charge in [-0.2, -0.15) is 0 Å². The van der Waals surface area contributed by atoms with Gasteiger partial charge in [0.15, 0.2) is 0 Å². The lowest BCUT2D eigenvalue weighted by molar-refractivity contribution is -0.120. The Labute approximate surface area is 107 Å². The smallest absolute Gasteiger partial charge is 0.220 e. The molecule has 1 unspecified atom stereocenters. The molecule has 2 rings (SSSR count). The van der Waals surface area contributed by atoms with Crippen LogP contribution in [0.25, 0.3) is 0 Å². The summed E-state index contributed by atoms with van der Waals surface area (Å²) in [6.45, 7) is 5.43. The van der Waals surface area contributed by atoms with Crippen LogP contribution in [0, 0.1) is 6.92 Å². The van der Waals surface area contributed by atoms with Gasteiger partial charge in [0.2, 0.25) is 5.91 Å². The molecular formula is C14H18NO3. The fraction of sp³-hybridized carbons (Fsp3) is 0.429. The Morgan fingerprint density at radius 3 is 2.78 bits per heavy atom. The third-order valence-electron chi connectivity index (χ3n) is 2.72. The number of nitrogens with one attached hydrogen (secondary N) is 1. The zero-order chi connectivity index (χ0) is 12.8. The van der Waals surface area contributed by atoms with Crippen LogP contribution in [0.2, 0.25) is 0 Å². The number of hydrogen-bond donors (Lipinski definition) is 1. The molecule has 1 atom stereocenters. The lowest BCUT2D eigenvalue weighted by Crippen LogP contribution is -2.22. The number of amides is 1.